The molecular weight excluding hydrogens is 498 g/mol. The zero-order valence-electron chi connectivity index (χ0n) is 21.8. The standard InChI is InChI=1S/C29H31N5O3S/c1-4-21-15-23(37-18-20-7-9-22(36-3)10-8-20)16-25(21)28-32-31-27-17-30-29-26(34(27)28)13-14-33(29)38(35)24-11-5-19(2)6-12-24/h5-14,17,21,23,25H,4,15-16,18H2,1-3H3. The molecule has 0 aliphatic heterocycles. The summed E-state index contributed by atoms with van der Waals surface area (Å²) in [6, 6.07) is 17.7. The fourth-order valence-corrected chi connectivity index (χ4v) is 6.57. The molecule has 0 N–H and O–H groups in total. The van der Waals surface area contributed by atoms with Crippen LogP contribution in [0.25, 0.3) is 16.8 Å². The Morgan fingerprint density at radius 3 is 2.55 bits per heavy atom. The van der Waals surface area contributed by atoms with Gasteiger partial charge in [0.1, 0.15) is 22.9 Å². The van der Waals surface area contributed by atoms with E-state index in [1.807, 2.05) is 67.7 Å². The van der Waals surface area contributed by atoms with E-state index in [4.69, 9.17) is 9.47 Å². The van der Waals surface area contributed by atoms with Gasteiger partial charge in [-0.3, -0.25) is 4.40 Å². The second kappa shape index (κ2) is 10.4. The van der Waals surface area contributed by atoms with Crippen LogP contribution >= 0.6 is 0 Å². The molecular formula is C29H31N5O3S. The average Bonchev–Trinajstić information content (AvgIpc) is 3.68. The van der Waals surface area contributed by atoms with Crippen molar-refractivity contribution in [3.05, 3.63) is 83.9 Å². The molecule has 1 fully saturated rings. The highest BCUT2D eigenvalue weighted by Crippen LogP contribution is 2.43. The number of aryl methyl sites for hydroxylation is 1. The predicted molar refractivity (Wildman–Crippen MR) is 147 cm³/mol. The summed E-state index contributed by atoms with van der Waals surface area (Å²) < 4.78 is 28.8. The second-order valence-electron chi connectivity index (χ2n) is 9.95. The number of hydrogen-bond donors (Lipinski definition) is 0. The lowest BCUT2D eigenvalue weighted by molar-refractivity contribution is 0.0422. The first-order valence-electron chi connectivity index (χ1n) is 13.0. The van der Waals surface area contributed by atoms with Gasteiger partial charge < -0.3 is 14.0 Å². The molecule has 0 saturated heterocycles. The minimum Gasteiger partial charge on any atom is -0.587 e. The molecule has 1 saturated carbocycles. The third-order valence-corrected chi connectivity index (χ3v) is 8.94. The summed E-state index contributed by atoms with van der Waals surface area (Å²) in [6.07, 6.45) is 6.61. The van der Waals surface area contributed by atoms with Gasteiger partial charge in [0.2, 0.25) is 5.65 Å². The van der Waals surface area contributed by atoms with Gasteiger partial charge >= 0.3 is 0 Å². The highest BCUT2D eigenvalue weighted by atomic mass is 32.2. The number of rotatable bonds is 8. The molecule has 9 heteroatoms. The van der Waals surface area contributed by atoms with Gasteiger partial charge in [-0.15, -0.1) is 14.2 Å². The largest absolute Gasteiger partial charge is 0.587 e. The van der Waals surface area contributed by atoms with Crippen molar-refractivity contribution in [3.8, 4) is 5.75 Å². The molecule has 38 heavy (non-hydrogen) atoms. The second-order valence-corrected chi connectivity index (χ2v) is 11.3. The third kappa shape index (κ3) is 4.55. The summed E-state index contributed by atoms with van der Waals surface area (Å²) in [4.78, 5) is 5.35. The van der Waals surface area contributed by atoms with Crippen LogP contribution in [0.4, 0.5) is 0 Å². The van der Waals surface area contributed by atoms with Crippen LogP contribution in [0.2, 0.25) is 0 Å². The number of hydrogen-bond acceptors (Lipinski definition) is 6. The summed E-state index contributed by atoms with van der Waals surface area (Å²) in [5.41, 5.74) is 4.47. The van der Waals surface area contributed by atoms with Crippen LogP contribution in [0.5, 0.6) is 5.75 Å². The van der Waals surface area contributed by atoms with Crippen molar-refractivity contribution in [3.63, 3.8) is 0 Å². The number of aromatic nitrogens is 5. The Bertz CT molecular complexity index is 1550. The average molecular weight is 530 g/mol. The summed E-state index contributed by atoms with van der Waals surface area (Å²) in [5, 5.41) is 9.09. The summed E-state index contributed by atoms with van der Waals surface area (Å²) in [6.45, 7) is 4.82. The number of benzene rings is 2. The van der Waals surface area contributed by atoms with Crippen LogP contribution in [0.15, 0.2) is 71.9 Å². The molecule has 5 aromatic rings. The minimum absolute atomic E-state index is 0.148. The molecule has 196 valence electrons. The molecule has 1 aliphatic rings. The van der Waals surface area contributed by atoms with Crippen molar-refractivity contribution in [2.75, 3.05) is 7.11 Å². The molecule has 3 heterocycles. The predicted octanol–water partition coefficient (Wildman–Crippen LogP) is 5.46. The van der Waals surface area contributed by atoms with E-state index in [9.17, 15) is 4.55 Å². The monoisotopic (exact) mass is 529 g/mol. The van der Waals surface area contributed by atoms with E-state index in [-0.39, 0.29) is 12.0 Å². The van der Waals surface area contributed by atoms with E-state index in [0.717, 1.165) is 52.4 Å². The van der Waals surface area contributed by atoms with E-state index >= 15 is 0 Å². The molecule has 0 amide bonds. The van der Waals surface area contributed by atoms with Crippen molar-refractivity contribution < 1.29 is 14.0 Å². The maximum atomic E-state index is 13.4. The van der Waals surface area contributed by atoms with Crippen molar-refractivity contribution >= 4 is 28.2 Å². The van der Waals surface area contributed by atoms with Crippen molar-refractivity contribution in [2.24, 2.45) is 5.92 Å². The zero-order valence-corrected chi connectivity index (χ0v) is 22.6. The van der Waals surface area contributed by atoms with E-state index in [2.05, 4.69) is 26.5 Å². The summed E-state index contributed by atoms with van der Waals surface area (Å²) in [5.74, 6) is 2.42. The van der Waals surface area contributed by atoms with Gasteiger partial charge in [0.05, 0.1) is 37.7 Å². The Balaban J connectivity index is 1.28. The van der Waals surface area contributed by atoms with Crippen LogP contribution in [-0.4, -0.2) is 41.3 Å². The molecule has 0 bridgehead atoms. The van der Waals surface area contributed by atoms with Crippen molar-refractivity contribution in [2.45, 2.75) is 56.6 Å². The Labute approximate surface area is 224 Å². The van der Waals surface area contributed by atoms with Gasteiger partial charge in [-0.05, 0) is 61.6 Å². The number of ether oxygens (including phenoxy) is 2. The molecule has 3 aromatic heterocycles. The van der Waals surface area contributed by atoms with Crippen LogP contribution in [0.1, 0.15) is 49.1 Å². The SMILES string of the molecule is CCC1CC(OCc2ccc(OC)cc2)CC1c1nnc2cnc3c(ccn3[S+]([O-])c3ccc(C)cc3)n12. The number of fused-ring (bicyclic) bond motifs is 3. The quantitative estimate of drug-likeness (QED) is 0.248. The topological polar surface area (TPSA) is 89.5 Å². The van der Waals surface area contributed by atoms with Crippen LogP contribution < -0.4 is 4.74 Å². The van der Waals surface area contributed by atoms with Crippen molar-refractivity contribution in [1.29, 1.82) is 0 Å². The van der Waals surface area contributed by atoms with E-state index in [0.29, 0.717) is 23.8 Å². The van der Waals surface area contributed by atoms with Gasteiger partial charge in [0.25, 0.3) is 0 Å². The van der Waals surface area contributed by atoms with Gasteiger partial charge in [-0.1, -0.05) is 43.2 Å². The lowest BCUT2D eigenvalue weighted by Crippen LogP contribution is -2.13. The van der Waals surface area contributed by atoms with E-state index < -0.39 is 11.4 Å². The van der Waals surface area contributed by atoms with Gasteiger partial charge in [0, 0.05) is 5.92 Å². The molecule has 1 aliphatic carbocycles. The smallest absolute Gasteiger partial charge is 0.203 e. The molecule has 0 spiro atoms. The van der Waals surface area contributed by atoms with Gasteiger partial charge in [-0.2, -0.15) is 0 Å². The first-order valence-corrected chi connectivity index (χ1v) is 14.1. The number of methoxy groups -OCH3 is 1. The molecule has 8 nitrogen and oxygen atoms in total. The van der Waals surface area contributed by atoms with Crippen molar-refractivity contribution in [1.82, 2.24) is 23.6 Å². The highest BCUT2D eigenvalue weighted by molar-refractivity contribution is 7.90. The molecule has 2 aromatic carbocycles. The first kappa shape index (κ1) is 24.9. The number of nitrogens with zero attached hydrogens (tertiary/aromatic N) is 5. The minimum atomic E-state index is -1.40. The zero-order chi connectivity index (χ0) is 26.2. The molecule has 4 atom stereocenters. The van der Waals surface area contributed by atoms with Crippen LogP contribution in [0, 0.1) is 12.8 Å². The first-order chi connectivity index (χ1) is 18.6. The normalized spacial score (nSPS) is 20.4. The highest BCUT2D eigenvalue weighted by Gasteiger charge is 2.38. The molecule has 0 radical (unpaired) electrons. The lowest BCUT2D eigenvalue weighted by Gasteiger charge is -2.16. The fourth-order valence-electron chi connectivity index (χ4n) is 5.51. The Hall–Kier alpha value is -3.40. The van der Waals surface area contributed by atoms with Crippen LogP contribution in [0.3, 0.4) is 0 Å². The van der Waals surface area contributed by atoms with Crippen LogP contribution in [-0.2, 0) is 22.7 Å². The van der Waals surface area contributed by atoms with E-state index in [1.165, 1.54) is 0 Å². The fraction of sp³-hybridized carbons (Fsp3) is 0.345. The Kier molecular flexibility index (Phi) is 6.82. The third-order valence-electron chi connectivity index (χ3n) is 7.62. The molecule has 4 unspecified atom stereocenters. The maximum Gasteiger partial charge on any atom is 0.203 e. The Morgan fingerprint density at radius 1 is 1.03 bits per heavy atom. The molecule has 6 rings (SSSR count). The van der Waals surface area contributed by atoms with Gasteiger partial charge in [-0.25, -0.2) is 4.98 Å². The Morgan fingerprint density at radius 2 is 1.82 bits per heavy atom. The lowest BCUT2D eigenvalue weighted by atomic mass is 9.93. The maximum absolute atomic E-state index is 13.4. The summed E-state index contributed by atoms with van der Waals surface area (Å²) >= 11 is -1.40. The summed E-state index contributed by atoms with van der Waals surface area (Å²) in [7, 11) is 1.67. The van der Waals surface area contributed by atoms with E-state index in [1.54, 1.807) is 17.3 Å². The van der Waals surface area contributed by atoms with Gasteiger partial charge in [0.15, 0.2) is 10.5 Å².